The van der Waals surface area contributed by atoms with E-state index in [2.05, 4.69) is 10.2 Å². The molecule has 5 rings (SSSR count). The Bertz CT molecular complexity index is 1290. The minimum absolute atomic E-state index is 0.0271. The number of oxazole rings is 1. The van der Waals surface area contributed by atoms with E-state index in [0.29, 0.717) is 42.4 Å². The summed E-state index contributed by atoms with van der Waals surface area (Å²) in [7, 11) is 0. The number of para-hydroxylation sites is 1. The van der Waals surface area contributed by atoms with Gasteiger partial charge in [-0.1, -0.05) is 42.5 Å². The van der Waals surface area contributed by atoms with Crippen LogP contribution in [0.5, 0.6) is 0 Å². The minimum atomic E-state index is -0.920. The second-order valence-corrected chi connectivity index (χ2v) is 9.61. The van der Waals surface area contributed by atoms with Crippen LogP contribution in [0, 0.1) is 0 Å². The summed E-state index contributed by atoms with van der Waals surface area (Å²) in [6, 6.07) is 17.2. The molecule has 0 radical (unpaired) electrons. The van der Waals surface area contributed by atoms with Crippen LogP contribution in [0.2, 0.25) is 0 Å². The number of carbonyl (C=O) groups excluding carboxylic acids is 1. The van der Waals surface area contributed by atoms with Gasteiger partial charge in [-0.15, -0.1) is 0 Å². The molecule has 1 fully saturated rings. The second-order valence-electron chi connectivity index (χ2n) is 9.61. The molecule has 1 atom stereocenters. The van der Waals surface area contributed by atoms with E-state index in [9.17, 15) is 9.90 Å². The monoisotopic (exact) mass is 471 g/mol. The Balaban J connectivity index is 1.42. The zero-order chi connectivity index (χ0) is 24.4. The molecule has 1 amide bonds. The van der Waals surface area contributed by atoms with Crippen LogP contribution in [0.3, 0.4) is 0 Å². The van der Waals surface area contributed by atoms with Gasteiger partial charge in [0.1, 0.15) is 0 Å². The Morgan fingerprint density at radius 3 is 2.54 bits per heavy atom. The largest absolute Gasteiger partial charge is 0.440 e. The Morgan fingerprint density at radius 1 is 1.09 bits per heavy atom. The van der Waals surface area contributed by atoms with E-state index >= 15 is 0 Å². The molecule has 180 valence electrons. The van der Waals surface area contributed by atoms with Crippen LogP contribution in [0.15, 0.2) is 71.4 Å². The molecular weight excluding hydrogens is 442 g/mol. The quantitative estimate of drug-likeness (QED) is 0.451. The van der Waals surface area contributed by atoms with Gasteiger partial charge in [-0.2, -0.15) is 15.0 Å². The lowest BCUT2D eigenvalue weighted by Crippen LogP contribution is -2.39. The lowest BCUT2D eigenvalue weighted by atomic mass is 9.97. The fraction of sp³-hybridized carbons (Fsp3) is 0.333. The molecule has 0 unspecified atom stereocenters. The fourth-order valence-corrected chi connectivity index (χ4v) is 4.59. The Kier molecular flexibility index (Phi) is 6.21. The summed E-state index contributed by atoms with van der Waals surface area (Å²) in [5, 5.41) is 18.9. The number of likely N-dealkylation sites (tertiary alicyclic amines) is 1. The zero-order valence-electron chi connectivity index (χ0n) is 20.0. The minimum Gasteiger partial charge on any atom is -0.440 e. The van der Waals surface area contributed by atoms with Gasteiger partial charge in [-0.3, -0.25) is 4.79 Å². The summed E-state index contributed by atoms with van der Waals surface area (Å²) < 4.78 is 6.32. The maximum atomic E-state index is 13.5. The maximum Gasteiger partial charge on any atom is 0.256 e. The van der Waals surface area contributed by atoms with E-state index in [4.69, 9.17) is 9.40 Å². The molecule has 2 aromatic carbocycles. The third-order valence-corrected chi connectivity index (χ3v) is 6.18. The first kappa shape index (κ1) is 23.0. The van der Waals surface area contributed by atoms with Crippen LogP contribution < -0.4 is 0 Å². The number of rotatable bonds is 6. The summed E-state index contributed by atoms with van der Waals surface area (Å²) >= 11 is 0. The van der Waals surface area contributed by atoms with Crippen molar-refractivity contribution in [1.82, 2.24) is 24.9 Å². The van der Waals surface area contributed by atoms with Gasteiger partial charge in [0.25, 0.3) is 5.91 Å². The van der Waals surface area contributed by atoms with Gasteiger partial charge in [0.05, 0.1) is 40.9 Å². The van der Waals surface area contributed by atoms with Crippen LogP contribution in [0.4, 0.5) is 0 Å². The van der Waals surface area contributed by atoms with Gasteiger partial charge < -0.3 is 14.4 Å². The maximum absolute atomic E-state index is 13.5. The number of carbonyl (C=O) groups is 1. The molecular formula is C27H29N5O3. The first-order chi connectivity index (χ1) is 16.9. The van der Waals surface area contributed by atoms with Gasteiger partial charge in [-0.25, -0.2) is 4.98 Å². The van der Waals surface area contributed by atoms with Crippen molar-refractivity contribution in [2.24, 2.45) is 0 Å². The summed E-state index contributed by atoms with van der Waals surface area (Å²) in [6.45, 7) is 4.71. The van der Waals surface area contributed by atoms with Crippen molar-refractivity contribution in [3.8, 4) is 17.0 Å². The number of piperidine rings is 1. The van der Waals surface area contributed by atoms with Gasteiger partial charge in [0, 0.05) is 25.1 Å². The van der Waals surface area contributed by atoms with E-state index in [1.807, 2.05) is 59.5 Å². The van der Waals surface area contributed by atoms with E-state index < -0.39 is 5.60 Å². The van der Waals surface area contributed by atoms with Crippen molar-refractivity contribution in [1.29, 1.82) is 0 Å². The van der Waals surface area contributed by atoms with Crippen molar-refractivity contribution < 1.29 is 14.3 Å². The summed E-state index contributed by atoms with van der Waals surface area (Å²) in [5.74, 6) is 1.21. The SMILES string of the molecule is CC(C)(O)Cc1nc([C@@H]2CCCN(C(=O)c3ccccc3-n3nccn3)C2)oc1-c1ccccc1. The highest BCUT2D eigenvalue weighted by atomic mass is 16.4. The molecule has 4 aromatic rings. The average molecular weight is 472 g/mol. The van der Waals surface area contributed by atoms with Crippen molar-refractivity contribution in [3.63, 3.8) is 0 Å². The highest BCUT2D eigenvalue weighted by Gasteiger charge is 2.31. The number of hydrogen-bond donors (Lipinski definition) is 1. The van der Waals surface area contributed by atoms with Crippen molar-refractivity contribution in [2.45, 2.75) is 44.6 Å². The molecule has 0 spiro atoms. The smallest absolute Gasteiger partial charge is 0.256 e. The Hall–Kier alpha value is -3.78. The Labute approximate surface area is 204 Å². The van der Waals surface area contributed by atoms with Gasteiger partial charge in [-0.05, 0) is 38.8 Å². The highest BCUT2D eigenvalue weighted by Crippen LogP contribution is 2.34. The van der Waals surface area contributed by atoms with Crippen LogP contribution in [0.1, 0.15) is 54.5 Å². The number of amides is 1. The summed E-state index contributed by atoms with van der Waals surface area (Å²) in [4.78, 5) is 21.7. The molecule has 8 nitrogen and oxygen atoms in total. The number of benzene rings is 2. The van der Waals surface area contributed by atoms with Gasteiger partial charge in [0.2, 0.25) is 0 Å². The third-order valence-electron chi connectivity index (χ3n) is 6.18. The molecule has 8 heteroatoms. The van der Waals surface area contributed by atoms with Gasteiger partial charge in [0.15, 0.2) is 11.7 Å². The normalized spacial score (nSPS) is 16.4. The predicted molar refractivity (Wildman–Crippen MR) is 131 cm³/mol. The van der Waals surface area contributed by atoms with E-state index in [-0.39, 0.29) is 11.8 Å². The second kappa shape index (κ2) is 9.46. The number of aliphatic hydroxyl groups is 1. The van der Waals surface area contributed by atoms with Crippen molar-refractivity contribution in [3.05, 3.63) is 84.1 Å². The van der Waals surface area contributed by atoms with E-state index in [0.717, 1.165) is 24.1 Å². The topological polar surface area (TPSA) is 97.3 Å². The molecule has 0 saturated carbocycles. The van der Waals surface area contributed by atoms with E-state index in [1.54, 1.807) is 26.2 Å². The van der Waals surface area contributed by atoms with Crippen LogP contribution in [0.25, 0.3) is 17.0 Å². The van der Waals surface area contributed by atoms with Crippen LogP contribution in [-0.2, 0) is 6.42 Å². The molecule has 1 saturated heterocycles. The molecule has 0 bridgehead atoms. The molecule has 1 aliphatic heterocycles. The van der Waals surface area contributed by atoms with Crippen LogP contribution in [-0.4, -0.2) is 54.6 Å². The average Bonchev–Trinajstić information content (AvgIpc) is 3.54. The highest BCUT2D eigenvalue weighted by molar-refractivity contribution is 5.97. The van der Waals surface area contributed by atoms with Crippen LogP contribution >= 0.6 is 0 Å². The molecule has 2 aromatic heterocycles. The number of aromatic nitrogens is 4. The van der Waals surface area contributed by atoms with Crippen molar-refractivity contribution >= 4 is 5.91 Å². The number of nitrogens with zero attached hydrogens (tertiary/aromatic N) is 5. The third kappa shape index (κ3) is 5.02. The molecule has 1 N–H and O–H groups in total. The van der Waals surface area contributed by atoms with Crippen molar-refractivity contribution in [2.75, 3.05) is 13.1 Å². The lowest BCUT2D eigenvalue weighted by Gasteiger charge is -2.31. The Morgan fingerprint density at radius 2 is 1.80 bits per heavy atom. The summed E-state index contributed by atoms with van der Waals surface area (Å²) in [6.07, 6.45) is 5.29. The number of hydrogen-bond acceptors (Lipinski definition) is 6. The van der Waals surface area contributed by atoms with E-state index in [1.165, 1.54) is 4.80 Å². The van der Waals surface area contributed by atoms with Gasteiger partial charge >= 0.3 is 0 Å². The molecule has 35 heavy (non-hydrogen) atoms. The fourth-order valence-electron chi connectivity index (χ4n) is 4.59. The molecule has 3 heterocycles. The predicted octanol–water partition coefficient (Wildman–Crippen LogP) is 4.26. The summed E-state index contributed by atoms with van der Waals surface area (Å²) in [5.41, 5.74) is 1.95. The standard InChI is InChI=1S/C27H29N5O3/c1-27(2,34)17-22-24(19-9-4-3-5-10-19)35-25(30-22)20-11-8-16-31(18-20)26(33)21-12-6-7-13-23(21)32-28-14-15-29-32/h3-7,9-10,12-15,20,34H,8,11,16-18H2,1-2H3/t20-/m1/s1. The lowest BCUT2D eigenvalue weighted by molar-refractivity contribution is 0.0698. The molecule has 0 aliphatic carbocycles. The molecule has 1 aliphatic rings. The zero-order valence-corrected chi connectivity index (χ0v) is 20.0. The first-order valence-corrected chi connectivity index (χ1v) is 11.9. The first-order valence-electron chi connectivity index (χ1n) is 11.9.